The number of rotatable bonds is 6. The van der Waals surface area contributed by atoms with Crippen molar-refractivity contribution >= 4 is 5.91 Å². The lowest BCUT2D eigenvalue weighted by atomic mass is 10.1. The van der Waals surface area contributed by atoms with E-state index in [-0.39, 0.29) is 0 Å². The molecule has 0 saturated carbocycles. The van der Waals surface area contributed by atoms with E-state index in [0.29, 0.717) is 12.1 Å². The van der Waals surface area contributed by atoms with Crippen LogP contribution in [0.5, 0.6) is 0 Å². The van der Waals surface area contributed by atoms with Crippen molar-refractivity contribution in [2.24, 2.45) is 12.8 Å². The van der Waals surface area contributed by atoms with Crippen LogP contribution < -0.4 is 11.1 Å². The molecule has 0 aliphatic heterocycles. The number of aromatic nitrogens is 2. The fourth-order valence-corrected chi connectivity index (χ4v) is 2.21. The zero-order chi connectivity index (χ0) is 14.5. The van der Waals surface area contributed by atoms with Gasteiger partial charge in [-0.05, 0) is 24.1 Å². The van der Waals surface area contributed by atoms with Gasteiger partial charge in [0, 0.05) is 37.5 Å². The van der Waals surface area contributed by atoms with Crippen molar-refractivity contribution in [2.75, 3.05) is 0 Å². The maximum atomic E-state index is 11.1. The van der Waals surface area contributed by atoms with Gasteiger partial charge >= 0.3 is 0 Å². The Morgan fingerprint density at radius 3 is 2.90 bits per heavy atom. The van der Waals surface area contributed by atoms with Crippen LogP contribution in [0.15, 0.2) is 30.5 Å². The largest absolute Gasteiger partial charge is 0.366 e. The van der Waals surface area contributed by atoms with Gasteiger partial charge in [0.15, 0.2) is 0 Å². The number of aryl methyl sites for hydroxylation is 2. The van der Waals surface area contributed by atoms with Crippen molar-refractivity contribution in [2.45, 2.75) is 26.4 Å². The molecule has 20 heavy (non-hydrogen) atoms. The summed E-state index contributed by atoms with van der Waals surface area (Å²) >= 11 is 0. The zero-order valence-corrected chi connectivity index (χ0v) is 11.9. The Kier molecular flexibility index (Phi) is 4.53. The van der Waals surface area contributed by atoms with E-state index in [1.165, 1.54) is 5.56 Å². The molecule has 106 valence electrons. The molecule has 0 aliphatic rings. The molecule has 2 aromatic rings. The average Bonchev–Trinajstić information content (AvgIpc) is 2.79. The SMILES string of the molecule is CCc1nn(C)cc1CNCc1cccc(C(N)=O)c1. The minimum Gasteiger partial charge on any atom is -0.366 e. The van der Waals surface area contributed by atoms with Gasteiger partial charge in [0.05, 0.1) is 5.69 Å². The molecule has 5 nitrogen and oxygen atoms in total. The lowest BCUT2D eigenvalue weighted by Gasteiger charge is -2.06. The maximum absolute atomic E-state index is 11.1. The minimum absolute atomic E-state index is 0.396. The Morgan fingerprint density at radius 2 is 2.20 bits per heavy atom. The molecule has 0 radical (unpaired) electrons. The van der Waals surface area contributed by atoms with Crippen LogP contribution in [-0.2, 0) is 26.6 Å². The summed E-state index contributed by atoms with van der Waals surface area (Å²) in [5, 5.41) is 7.77. The van der Waals surface area contributed by atoms with Crippen LogP contribution in [0.4, 0.5) is 0 Å². The summed E-state index contributed by atoms with van der Waals surface area (Å²) in [5.41, 5.74) is 9.18. The molecule has 3 N–H and O–H groups in total. The third kappa shape index (κ3) is 3.45. The zero-order valence-electron chi connectivity index (χ0n) is 11.9. The monoisotopic (exact) mass is 272 g/mol. The Labute approximate surface area is 118 Å². The highest BCUT2D eigenvalue weighted by molar-refractivity contribution is 5.92. The molecule has 2 rings (SSSR count). The Bertz CT molecular complexity index is 604. The standard InChI is InChI=1S/C15H20N4O/c1-3-14-13(10-19(2)18-14)9-17-8-11-5-4-6-12(7-11)15(16)20/h4-7,10,17H,3,8-9H2,1-2H3,(H2,16,20). The summed E-state index contributed by atoms with van der Waals surface area (Å²) in [6.07, 6.45) is 2.96. The highest BCUT2D eigenvalue weighted by atomic mass is 16.1. The molecule has 0 spiro atoms. The van der Waals surface area contributed by atoms with Gasteiger partial charge < -0.3 is 11.1 Å². The molecule has 0 atom stereocenters. The lowest BCUT2D eigenvalue weighted by Crippen LogP contribution is -2.15. The molecule has 0 bridgehead atoms. The second kappa shape index (κ2) is 6.34. The van der Waals surface area contributed by atoms with Gasteiger partial charge in [-0.15, -0.1) is 0 Å². The second-order valence-corrected chi connectivity index (χ2v) is 4.80. The predicted octanol–water partition coefficient (Wildman–Crippen LogP) is 1.37. The summed E-state index contributed by atoms with van der Waals surface area (Å²) in [4.78, 5) is 11.1. The third-order valence-electron chi connectivity index (χ3n) is 3.18. The number of hydrogen-bond acceptors (Lipinski definition) is 3. The first-order valence-electron chi connectivity index (χ1n) is 6.71. The van der Waals surface area contributed by atoms with E-state index in [2.05, 4.69) is 17.3 Å². The van der Waals surface area contributed by atoms with E-state index < -0.39 is 5.91 Å². The van der Waals surface area contributed by atoms with Crippen molar-refractivity contribution in [3.8, 4) is 0 Å². The number of hydrogen-bond donors (Lipinski definition) is 2. The predicted molar refractivity (Wildman–Crippen MR) is 78.1 cm³/mol. The van der Waals surface area contributed by atoms with Crippen LogP contribution in [0, 0.1) is 0 Å². The molecule has 0 unspecified atom stereocenters. The maximum Gasteiger partial charge on any atom is 0.248 e. The first-order chi connectivity index (χ1) is 9.60. The van der Waals surface area contributed by atoms with Gasteiger partial charge in [-0.3, -0.25) is 9.48 Å². The number of nitrogens with two attached hydrogens (primary N) is 1. The average molecular weight is 272 g/mol. The molecule has 1 aromatic carbocycles. The summed E-state index contributed by atoms with van der Waals surface area (Å²) in [6, 6.07) is 7.36. The Morgan fingerprint density at radius 1 is 1.40 bits per heavy atom. The second-order valence-electron chi connectivity index (χ2n) is 4.80. The number of primary amides is 1. The van der Waals surface area contributed by atoms with E-state index in [4.69, 9.17) is 5.73 Å². The Hall–Kier alpha value is -2.14. The summed E-state index contributed by atoms with van der Waals surface area (Å²) in [7, 11) is 1.93. The molecule has 0 aliphatic carbocycles. The van der Waals surface area contributed by atoms with Crippen LogP contribution in [0.25, 0.3) is 0 Å². The fourth-order valence-electron chi connectivity index (χ4n) is 2.21. The van der Waals surface area contributed by atoms with Gasteiger partial charge in [-0.1, -0.05) is 19.1 Å². The van der Waals surface area contributed by atoms with Crippen molar-refractivity contribution in [3.05, 3.63) is 52.8 Å². The molecule has 0 saturated heterocycles. The third-order valence-corrected chi connectivity index (χ3v) is 3.18. The number of amides is 1. The van der Waals surface area contributed by atoms with Crippen molar-refractivity contribution < 1.29 is 4.79 Å². The van der Waals surface area contributed by atoms with E-state index >= 15 is 0 Å². The van der Waals surface area contributed by atoms with Crippen LogP contribution in [0.1, 0.15) is 34.1 Å². The van der Waals surface area contributed by atoms with Gasteiger partial charge in [0.2, 0.25) is 5.91 Å². The smallest absolute Gasteiger partial charge is 0.248 e. The summed E-state index contributed by atoms with van der Waals surface area (Å²) in [5.74, 6) is -0.396. The normalized spacial score (nSPS) is 10.7. The van der Waals surface area contributed by atoms with Gasteiger partial charge in [0.25, 0.3) is 0 Å². The molecular formula is C15H20N4O. The number of carbonyl (C=O) groups is 1. The first kappa shape index (κ1) is 14.3. The van der Waals surface area contributed by atoms with Crippen molar-refractivity contribution in [1.82, 2.24) is 15.1 Å². The molecule has 1 amide bonds. The van der Waals surface area contributed by atoms with Gasteiger partial charge in [0.1, 0.15) is 0 Å². The topological polar surface area (TPSA) is 72.9 Å². The molecule has 1 heterocycles. The number of nitrogens with zero attached hydrogens (tertiary/aromatic N) is 2. The molecule has 1 aromatic heterocycles. The lowest BCUT2D eigenvalue weighted by molar-refractivity contribution is 0.1000. The van der Waals surface area contributed by atoms with Crippen LogP contribution in [-0.4, -0.2) is 15.7 Å². The molecule has 0 fully saturated rings. The van der Waals surface area contributed by atoms with Crippen LogP contribution in [0.2, 0.25) is 0 Å². The summed E-state index contributed by atoms with van der Waals surface area (Å²) < 4.78 is 1.84. The highest BCUT2D eigenvalue weighted by Crippen LogP contribution is 2.08. The van der Waals surface area contributed by atoms with Gasteiger partial charge in [-0.25, -0.2) is 0 Å². The molecular weight excluding hydrogens is 252 g/mol. The van der Waals surface area contributed by atoms with Crippen molar-refractivity contribution in [3.63, 3.8) is 0 Å². The fraction of sp³-hybridized carbons (Fsp3) is 0.333. The number of benzene rings is 1. The Balaban J connectivity index is 1.95. The van der Waals surface area contributed by atoms with Crippen LogP contribution >= 0.6 is 0 Å². The van der Waals surface area contributed by atoms with Crippen molar-refractivity contribution in [1.29, 1.82) is 0 Å². The van der Waals surface area contributed by atoms with Gasteiger partial charge in [-0.2, -0.15) is 5.10 Å². The quantitative estimate of drug-likeness (QED) is 0.834. The van der Waals surface area contributed by atoms with Crippen LogP contribution in [0.3, 0.4) is 0 Å². The van der Waals surface area contributed by atoms with E-state index in [0.717, 1.165) is 24.2 Å². The van der Waals surface area contributed by atoms with E-state index in [1.807, 2.05) is 36.1 Å². The van der Waals surface area contributed by atoms with E-state index in [9.17, 15) is 4.79 Å². The number of nitrogens with one attached hydrogen (secondary N) is 1. The highest BCUT2D eigenvalue weighted by Gasteiger charge is 2.05. The summed E-state index contributed by atoms with van der Waals surface area (Å²) in [6.45, 7) is 3.55. The molecule has 5 heteroatoms. The first-order valence-corrected chi connectivity index (χ1v) is 6.71. The van der Waals surface area contributed by atoms with E-state index in [1.54, 1.807) is 6.07 Å². The number of carbonyl (C=O) groups excluding carboxylic acids is 1. The minimum atomic E-state index is -0.396.